The average Bonchev–Trinajstić information content (AvgIpc) is 2.80. The van der Waals surface area contributed by atoms with Crippen LogP contribution < -0.4 is 0 Å². The van der Waals surface area contributed by atoms with Crippen LogP contribution in [0.3, 0.4) is 0 Å². The molecule has 4 heteroatoms. The normalized spacial score (nSPS) is 10.9. The largest absolute Gasteiger partial charge is 0.360 e. The Morgan fingerprint density at radius 3 is 2.70 bits per heavy atom. The zero-order chi connectivity index (χ0) is 14.3. The SMILES string of the molecule is Cc1cc(Br)ccc1C(=O)c1c[nH]c2cc(Cl)ccc12. The van der Waals surface area contributed by atoms with Crippen LogP contribution in [0.2, 0.25) is 5.02 Å². The third-order valence-corrected chi connectivity index (χ3v) is 4.05. The van der Waals surface area contributed by atoms with Crippen molar-refractivity contribution in [3.05, 3.63) is 68.8 Å². The number of benzene rings is 2. The van der Waals surface area contributed by atoms with Gasteiger partial charge in [-0.1, -0.05) is 33.6 Å². The number of ketones is 1. The first-order valence-corrected chi connectivity index (χ1v) is 7.31. The van der Waals surface area contributed by atoms with Gasteiger partial charge in [0.25, 0.3) is 0 Å². The summed E-state index contributed by atoms with van der Waals surface area (Å²) in [5.74, 6) is 0.0172. The van der Waals surface area contributed by atoms with Crippen molar-refractivity contribution in [1.82, 2.24) is 4.98 Å². The van der Waals surface area contributed by atoms with Crippen LogP contribution in [0.1, 0.15) is 21.5 Å². The van der Waals surface area contributed by atoms with E-state index < -0.39 is 0 Å². The minimum absolute atomic E-state index is 0.0172. The van der Waals surface area contributed by atoms with Gasteiger partial charge in [-0.05, 0) is 42.8 Å². The molecule has 0 bridgehead atoms. The van der Waals surface area contributed by atoms with E-state index in [1.54, 1.807) is 12.3 Å². The van der Waals surface area contributed by atoms with Crippen LogP contribution in [-0.4, -0.2) is 10.8 Å². The smallest absolute Gasteiger partial charge is 0.195 e. The van der Waals surface area contributed by atoms with Crippen molar-refractivity contribution in [2.75, 3.05) is 0 Å². The summed E-state index contributed by atoms with van der Waals surface area (Å²) < 4.78 is 0.970. The van der Waals surface area contributed by atoms with Gasteiger partial charge in [0, 0.05) is 37.7 Å². The van der Waals surface area contributed by atoms with Gasteiger partial charge in [0.2, 0.25) is 0 Å². The number of hydrogen-bond donors (Lipinski definition) is 1. The maximum absolute atomic E-state index is 12.7. The molecule has 0 radical (unpaired) electrons. The number of hydrogen-bond acceptors (Lipinski definition) is 1. The van der Waals surface area contributed by atoms with Gasteiger partial charge in [-0.2, -0.15) is 0 Å². The number of aromatic amines is 1. The van der Waals surface area contributed by atoms with Gasteiger partial charge in [0.15, 0.2) is 5.78 Å². The van der Waals surface area contributed by atoms with E-state index in [2.05, 4.69) is 20.9 Å². The van der Waals surface area contributed by atoms with E-state index >= 15 is 0 Å². The van der Waals surface area contributed by atoms with Crippen molar-refractivity contribution >= 4 is 44.2 Å². The molecule has 0 unspecified atom stereocenters. The van der Waals surface area contributed by atoms with Crippen LogP contribution in [0, 0.1) is 6.92 Å². The highest BCUT2D eigenvalue weighted by molar-refractivity contribution is 9.10. The van der Waals surface area contributed by atoms with E-state index in [4.69, 9.17) is 11.6 Å². The lowest BCUT2D eigenvalue weighted by Gasteiger charge is -2.05. The number of rotatable bonds is 2. The second-order valence-corrected chi connectivity index (χ2v) is 6.03. The Labute approximate surface area is 129 Å². The highest BCUT2D eigenvalue weighted by Crippen LogP contribution is 2.26. The van der Waals surface area contributed by atoms with Gasteiger partial charge in [0.05, 0.1) is 0 Å². The van der Waals surface area contributed by atoms with Crippen molar-refractivity contribution in [1.29, 1.82) is 0 Å². The fourth-order valence-electron chi connectivity index (χ4n) is 2.31. The molecule has 0 fully saturated rings. The first-order valence-electron chi connectivity index (χ1n) is 6.14. The summed E-state index contributed by atoms with van der Waals surface area (Å²) in [5.41, 5.74) is 3.20. The second kappa shape index (κ2) is 5.08. The predicted molar refractivity (Wildman–Crippen MR) is 85.6 cm³/mol. The molecule has 3 aromatic rings. The zero-order valence-corrected chi connectivity index (χ0v) is 13.0. The van der Waals surface area contributed by atoms with Gasteiger partial charge in [-0.15, -0.1) is 0 Å². The average molecular weight is 349 g/mol. The molecule has 0 aliphatic carbocycles. The highest BCUT2D eigenvalue weighted by atomic mass is 79.9. The summed E-state index contributed by atoms with van der Waals surface area (Å²) in [5, 5.41) is 1.54. The molecule has 0 atom stereocenters. The van der Waals surface area contributed by atoms with Gasteiger partial charge >= 0.3 is 0 Å². The molecule has 0 saturated carbocycles. The number of aryl methyl sites for hydroxylation is 1. The lowest BCUT2D eigenvalue weighted by atomic mass is 9.99. The van der Waals surface area contributed by atoms with E-state index in [0.29, 0.717) is 16.1 Å². The summed E-state index contributed by atoms with van der Waals surface area (Å²) in [7, 11) is 0. The van der Waals surface area contributed by atoms with E-state index in [1.165, 1.54) is 0 Å². The molecule has 100 valence electrons. The summed E-state index contributed by atoms with van der Waals surface area (Å²) in [6, 6.07) is 11.2. The van der Waals surface area contributed by atoms with E-state index in [0.717, 1.165) is 20.9 Å². The quantitative estimate of drug-likeness (QED) is 0.640. The van der Waals surface area contributed by atoms with Crippen molar-refractivity contribution in [3.63, 3.8) is 0 Å². The van der Waals surface area contributed by atoms with Crippen molar-refractivity contribution in [2.45, 2.75) is 6.92 Å². The summed E-state index contributed by atoms with van der Waals surface area (Å²) in [6.07, 6.45) is 1.74. The van der Waals surface area contributed by atoms with Crippen LogP contribution in [0.5, 0.6) is 0 Å². The highest BCUT2D eigenvalue weighted by Gasteiger charge is 2.16. The maximum atomic E-state index is 12.7. The number of halogens is 2. The minimum atomic E-state index is 0.0172. The Bertz CT molecular complexity index is 822. The number of aromatic nitrogens is 1. The minimum Gasteiger partial charge on any atom is -0.360 e. The molecule has 2 nitrogen and oxygen atoms in total. The van der Waals surface area contributed by atoms with Gasteiger partial charge in [-0.3, -0.25) is 4.79 Å². The van der Waals surface area contributed by atoms with Crippen LogP contribution >= 0.6 is 27.5 Å². The first kappa shape index (κ1) is 13.4. The van der Waals surface area contributed by atoms with E-state index in [1.807, 2.05) is 37.3 Å². The second-order valence-electron chi connectivity index (χ2n) is 4.68. The third-order valence-electron chi connectivity index (χ3n) is 3.32. The summed E-state index contributed by atoms with van der Waals surface area (Å²) in [6.45, 7) is 1.93. The van der Waals surface area contributed by atoms with Crippen molar-refractivity contribution in [2.24, 2.45) is 0 Å². The molecule has 0 saturated heterocycles. The summed E-state index contributed by atoms with van der Waals surface area (Å²) >= 11 is 9.37. The molecular formula is C16H11BrClNO. The number of nitrogens with one attached hydrogen (secondary N) is 1. The van der Waals surface area contributed by atoms with Crippen LogP contribution in [0.15, 0.2) is 47.1 Å². The molecule has 0 amide bonds. The fourth-order valence-corrected chi connectivity index (χ4v) is 2.96. The Morgan fingerprint density at radius 1 is 1.15 bits per heavy atom. The number of fused-ring (bicyclic) bond motifs is 1. The number of H-pyrrole nitrogens is 1. The van der Waals surface area contributed by atoms with Crippen LogP contribution in [0.25, 0.3) is 10.9 Å². The Morgan fingerprint density at radius 2 is 1.95 bits per heavy atom. The molecule has 0 aliphatic rings. The van der Waals surface area contributed by atoms with E-state index in [9.17, 15) is 4.79 Å². The Kier molecular flexibility index (Phi) is 3.40. The molecule has 1 aromatic heterocycles. The molecule has 1 heterocycles. The lowest BCUT2D eigenvalue weighted by Crippen LogP contribution is -2.02. The Hall–Kier alpha value is -1.58. The summed E-state index contributed by atoms with van der Waals surface area (Å²) in [4.78, 5) is 15.8. The third kappa shape index (κ3) is 2.28. The predicted octanol–water partition coefficient (Wildman–Crippen LogP) is 5.12. The molecule has 3 rings (SSSR count). The fraction of sp³-hybridized carbons (Fsp3) is 0.0625. The van der Waals surface area contributed by atoms with Gasteiger partial charge in [0.1, 0.15) is 0 Å². The number of carbonyl (C=O) groups is 1. The molecule has 1 N–H and O–H groups in total. The lowest BCUT2D eigenvalue weighted by molar-refractivity contribution is 0.104. The van der Waals surface area contributed by atoms with Gasteiger partial charge < -0.3 is 4.98 Å². The molecular weight excluding hydrogens is 338 g/mol. The molecule has 0 aliphatic heterocycles. The van der Waals surface area contributed by atoms with Crippen molar-refractivity contribution in [3.8, 4) is 0 Å². The molecule has 20 heavy (non-hydrogen) atoms. The first-order chi connectivity index (χ1) is 9.56. The van der Waals surface area contributed by atoms with Crippen molar-refractivity contribution < 1.29 is 4.79 Å². The topological polar surface area (TPSA) is 32.9 Å². The molecule has 2 aromatic carbocycles. The maximum Gasteiger partial charge on any atom is 0.195 e. The number of carbonyl (C=O) groups excluding carboxylic acids is 1. The Balaban J connectivity index is 2.13. The van der Waals surface area contributed by atoms with Crippen LogP contribution in [0.4, 0.5) is 0 Å². The monoisotopic (exact) mass is 347 g/mol. The zero-order valence-electron chi connectivity index (χ0n) is 10.7. The van der Waals surface area contributed by atoms with Gasteiger partial charge in [-0.25, -0.2) is 0 Å². The van der Waals surface area contributed by atoms with Crippen LogP contribution in [-0.2, 0) is 0 Å². The molecule has 0 spiro atoms. The van der Waals surface area contributed by atoms with E-state index in [-0.39, 0.29) is 5.78 Å². The standard InChI is InChI=1S/C16H11BrClNO/c1-9-6-10(17)2-4-12(9)16(20)14-8-19-15-7-11(18)3-5-13(14)15/h2-8,19H,1H3.